The molecule has 0 aliphatic carbocycles. The first-order valence-corrected chi connectivity index (χ1v) is 6.35. The molecule has 0 aromatic carbocycles. The molecular weight excluding hydrogens is 304 g/mol. The van der Waals surface area contributed by atoms with Crippen LogP contribution < -0.4 is 11.2 Å². The van der Waals surface area contributed by atoms with Crippen LogP contribution in [0.5, 0.6) is 0 Å². The molecule has 0 fully saturated rings. The number of esters is 2. The quantitative estimate of drug-likeness (QED) is 0.612. The number of halogens is 1. The molecule has 0 saturated carbocycles. The Balaban J connectivity index is 3.41. The fraction of sp³-hybridized carbons (Fsp3) is 0.333. The van der Waals surface area contributed by atoms with Gasteiger partial charge in [0.05, 0.1) is 19.3 Å². The van der Waals surface area contributed by atoms with Gasteiger partial charge in [0.2, 0.25) is 0 Å². The Morgan fingerprint density at radius 1 is 1.29 bits per heavy atom. The highest BCUT2D eigenvalue weighted by atomic mass is 35.5. The number of hydrogen-bond acceptors (Lipinski definition) is 6. The monoisotopic (exact) mass is 316 g/mol. The van der Waals surface area contributed by atoms with E-state index in [1.165, 1.54) is 0 Å². The van der Waals surface area contributed by atoms with Crippen molar-refractivity contribution < 1.29 is 19.1 Å². The van der Waals surface area contributed by atoms with Gasteiger partial charge in [0, 0.05) is 6.20 Å². The van der Waals surface area contributed by atoms with E-state index in [-0.39, 0.29) is 18.2 Å². The molecule has 0 aliphatic rings. The number of carbonyl (C=O) groups is 2. The molecule has 1 rings (SSSR count). The summed E-state index contributed by atoms with van der Waals surface area (Å²) in [6.07, 6.45) is 1.71. The lowest BCUT2D eigenvalue weighted by molar-refractivity contribution is -0.139. The van der Waals surface area contributed by atoms with Gasteiger partial charge in [0.15, 0.2) is 0 Å². The van der Waals surface area contributed by atoms with Crippen molar-refractivity contribution in [3.8, 4) is 0 Å². The molecule has 1 heterocycles. The zero-order chi connectivity index (χ0) is 16.0. The highest BCUT2D eigenvalue weighted by molar-refractivity contribution is 6.30. The second-order valence-corrected chi connectivity index (χ2v) is 4.02. The summed E-state index contributed by atoms with van der Waals surface area (Å²) in [5, 5.41) is -0.325. The summed E-state index contributed by atoms with van der Waals surface area (Å²) in [5.41, 5.74) is -2.16. The van der Waals surface area contributed by atoms with Crippen molar-refractivity contribution in [3.05, 3.63) is 38.1 Å². The van der Waals surface area contributed by atoms with Crippen LogP contribution in [0.2, 0.25) is 5.02 Å². The zero-order valence-electron chi connectivity index (χ0n) is 11.3. The predicted octanol–water partition coefficient (Wildman–Crippen LogP) is 0.157. The number of rotatable bonds is 5. The number of carbonyl (C=O) groups excluding carboxylic acids is 2. The van der Waals surface area contributed by atoms with Gasteiger partial charge in [-0.25, -0.2) is 14.4 Å². The summed E-state index contributed by atoms with van der Waals surface area (Å²) in [6, 6.07) is 0. The molecule has 0 amide bonds. The first kappa shape index (κ1) is 16.7. The summed E-state index contributed by atoms with van der Waals surface area (Å²) < 4.78 is 10.1. The maximum atomic E-state index is 11.8. The lowest BCUT2D eigenvalue weighted by atomic mass is 10.3. The number of aromatic amines is 1. The molecule has 0 saturated heterocycles. The van der Waals surface area contributed by atoms with Crippen LogP contribution in [0.15, 0.2) is 21.9 Å². The summed E-state index contributed by atoms with van der Waals surface area (Å²) in [4.78, 5) is 48.2. The van der Waals surface area contributed by atoms with E-state index in [1.807, 2.05) is 4.98 Å². The molecule has 1 N–H and O–H groups in total. The average Bonchev–Trinajstić information content (AvgIpc) is 2.41. The fourth-order valence-corrected chi connectivity index (χ4v) is 1.50. The molecule has 1 aromatic rings. The van der Waals surface area contributed by atoms with Gasteiger partial charge >= 0.3 is 17.6 Å². The van der Waals surface area contributed by atoms with E-state index in [9.17, 15) is 19.2 Å². The minimum Gasteiger partial charge on any atom is -0.463 e. The second-order valence-electron chi connectivity index (χ2n) is 3.61. The van der Waals surface area contributed by atoms with Crippen LogP contribution in [-0.2, 0) is 19.1 Å². The van der Waals surface area contributed by atoms with E-state index in [0.717, 1.165) is 12.3 Å². The Bertz CT molecular complexity index is 688. The van der Waals surface area contributed by atoms with Crippen molar-refractivity contribution in [2.75, 3.05) is 13.2 Å². The predicted molar refractivity (Wildman–Crippen MR) is 73.9 cm³/mol. The van der Waals surface area contributed by atoms with Crippen molar-refractivity contribution in [2.45, 2.75) is 13.8 Å². The SMILES string of the molecule is CCOC(=O)/C=C(/C(=O)OCC)n1cc(Cl)c(=O)[nH]c1=O. The summed E-state index contributed by atoms with van der Waals surface area (Å²) in [5.74, 6) is -1.77. The third kappa shape index (κ3) is 4.32. The van der Waals surface area contributed by atoms with Gasteiger partial charge in [0.25, 0.3) is 5.56 Å². The summed E-state index contributed by atoms with van der Waals surface area (Å²) >= 11 is 5.61. The Kier molecular flexibility index (Phi) is 5.92. The molecule has 114 valence electrons. The molecule has 1 aromatic heterocycles. The number of nitrogens with one attached hydrogen (secondary N) is 1. The largest absolute Gasteiger partial charge is 0.463 e. The van der Waals surface area contributed by atoms with Crippen molar-refractivity contribution in [1.29, 1.82) is 0 Å². The molecule has 0 radical (unpaired) electrons. The zero-order valence-corrected chi connectivity index (χ0v) is 12.1. The topological polar surface area (TPSA) is 107 Å². The third-order valence-electron chi connectivity index (χ3n) is 2.18. The number of ether oxygens (including phenoxy) is 2. The molecule has 0 bridgehead atoms. The van der Waals surface area contributed by atoms with Crippen LogP contribution in [-0.4, -0.2) is 34.7 Å². The molecule has 8 nitrogen and oxygen atoms in total. The highest BCUT2D eigenvalue weighted by Crippen LogP contribution is 2.07. The molecule has 9 heteroatoms. The van der Waals surface area contributed by atoms with Crippen LogP contribution in [0.4, 0.5) is 0 Å². The first-order valence-electron chi connectivity index (χ1n) is 5.98. The Morgan fingerprint density at radius 3 is 2.48 bits per heavy atom. The first-order chi connectivity index (χ1) is 9.90. The van der Waals surface area contributed by atoms with Crippen LogP contribution >= 0.6 is 11.6 Å². The lowest BCUT2D eigenvalue weighted by Crippen LogP contribution is -2.32. The Hall–Kier alpha value is -2.35. The fourth-order valence-electron chi connectivity index (χ4n) is 1.35. The highest BCUT2D eigenvalue weighted by Gasteiger charge is 2.18. The normalized spacial score (nSPS) is 11.1. The lowest BCUT2D eigenvalue weighted by Gasteiger charge is -2.09. The van der Waals surface area contributed by atoms with Crippen molar-refractivity contribution >= 4 is 29.2 Å². The van der Waals surface area contributed by atoms with Crippen molar-refractivity contribution in [1.82, 2.24) is 9.55 Å². The van der Waals surface area contributed by atoms with Crippen molar-refractivity contribution in [3.63, 3.8) is 0 Å². The van der Waals surface area contributed by atoms with Gasteiger partial charge in [-0.05, 0) is 13.8 Å². The van der Waals surface area contributed by atoms with Gasteiger partial charge in [-0.1, -0.05) is 11.6 Å². The number of nitrogens with zero attached hydrogens (tertiary/aromatic N) is 1. The summed E-state index contributed by atoms with van der Waals surface area (Å²) in [6.45, 7) is 3.26. The van der Waals surface area contributed by atoms with Crippen LogP contribution in [0.3, 0.4) is 0 Å². The molecule has 0 aliphatic heterocycles. The second kappa shape index (κ2) is 7.44. The van der Waals surface area contributed by atoms with Gasteiger partial charge in [-0.2, -0.15) is 0 Å². The van der Waals surface area contributed by atoms with E-state index >= 15 is 0 Å². The van der Waals surface area contributed by atoms with Crippen LogP contribution in [0.25, 0.3) is 5.70 Å². The van der Waals surface area contributed by atoms with Gasteiger partial charge in [0.1, 0.15) is 10.7 Å². The summed E-state index contributed by atoms with van der Waals surface area (Å²) in [7, 11) is 0. The maximum Gasteiger partial charge on any atom is 0.355 e. The maximum absolute atomic E-state index is 11.8. The van der Waals surface area contributed by atoms with E-state index in [1.54, 1.807) is 13.8 Å². The minimum atomic E-state index is -0.937. The van der Waals surface area contributed by atoms with E-state index in [0.29, 0.717) is 4.57 Å². The van der Waals surface area contributed by atoms with Gasteiger partial charge in [-0.3, -0.25) is 14.3 Å². The van der Waals surface area contributed by atoms with Crippen LogP contribution in [0, 0.1) is 0 Å². The standard InChI is InChI=1S/C12H13ClN2O6/c1-3-20-9(16)5-8(11(18)21-4-2)15-6-7(13)10(17)14-12(15)19/h5-6H,3-4H2,1-2H3,(H,14,17,19)/b8-5-. The smallest absolute Gasteiger partial charge is 0.355 e. The molecule has 0 atom stereocenters. The van der Waals surface area contributed by atoms with Crippen molar-refractivity contribution in [2.24, 2.45) is 0 Å². The van der Waals surface area contributed by atoms with Gasteiger partial charge in [-0.15, -0.1) is 0 Å². The Morgan fingerprint density at radius 2 is 1.90 bits per heavy atom. The van der Waals surface area contributed by atoms with Crippen LogP contribution in [0.1, 0.15) is 13.8 Å². The molecule has 0 spiro atoms. The Labute approximate surface area is 123 Å². The minimum absolute atomic E-state index is 0.0326. The third-order valence-corrected chi connectivity index (χ3v) is 2.45. The van der Waals surface area contributed by atoms with Gasteiger partial charge < -0.3 is 9.47 Å². The molecule has 21 heavy (non-hydrogen) atoms. The number of aromatic nitrogens is 2. The van der Waals surface area contributed by atoms with E-state index in [2.05, 4.69) is 4.74 Å². The number of H-pyrrole nitrogens is 1. The number of hydrogen-bond donors (Lipinski definition) is 1. The molecule has 0 unspecified atom stereocenters. The molecular formula is C12H13ClN2O6. The van der Waals surface area contributed by atoms with E-state index < -0.39 is 28.9 Å². The van der Waals surface area contributed by atoms with E-state index in [4.69, 9.17) is 16.3 Å². The average molecular weight is 317 g/mol.